The molecule has 0 saturated carbocycles. The van der Waals surface area contributed by atoms with Gasteiger partial charge in [0, 0.05) is 29.9 Å². The van der Waals surface area contributed by atoms with Gasteiger partial charge in [-0.1, -0.05) is 6.92 Å². The van der Waals surface area contributed by atoms with E-state index in [1.807, 2.05) is 0 Å². The fourth-order valence-corrected chi connectivity index (χ4v) is 4.75. The first-order chi connectivity index (χ1) is 11.0. The Morgan fingerprint density at radius 2 is 2.00 bits per heavy atom. The van der Waals surface area contributed by atoms with Gasteiger partial charge in [-0.15, -0.1) is 0 Å². The van der Waals surface area contributed by atoms with Gasteiger partial charge in [0.15, 0.2) is 0 Å². The summed E-state index contributed by atoms with van der Waals surface area (Å²) in [6.07, 6.45) is 3.98. The van der Waals surface area contributed by atoms with Gasteiger partial charge < -0.3 is 10.1 Å². The van der Waals surface area contributed by atoms with E-state index in [1.54, 1.807) is 18.2 Å². The van der Waals surface area contributed by atoms with Gasteiger partial charge in [-0.25, -0.2) is 8.42 Å². The van der Waals surface area contributed by atoms with E-state index in [4.69, 9.17) is 4.74 Å². The number of piperidine rings is 1. The number of aromatic nitrogens is 1. The van der Waals surface area contributed by atoms with E-state index in [9.17, 15) is 8.42 Å². The van der Waals surface area contributed by atoms with Crippen molar-refractivity contribution >= 4 is 9.84 Å². The van der Waals surface area contributed by atoms with Crippen LogP contribution in [0.3, 0.4) is 0 Å². The highest BCUT2D eigenvalue weighted by molar-refractivity contribution is 7.91. The molecule has 0 amide bonds. The predicted molar refractivity (Wildman–Crippen MR) is 85.4 cm³/mol. The fraction of sp³-hybridized carbons (Fsp3) is 0.353. The molecule has 23 heavy (non-hydrogen) atoms. The van der Waals surface area contributed by atoms with Crippen LogP contribution >= 0.6 is 0 Å². The molecule has 0 bridgehead atoms. The molecule has 2 aromatic rings. The Balaban J connectivity index is 1.81. The van der Waals surface area contributed by atoms with Crippen molar-refractivity contribution in [2.45, 2.75) is 34.7 Å². The van der Waals surface area contributed by atoms with Crippen LogP contribution in [0.2, 0.25) is 0 Å². The van der Waals surface area contributed by atoms with Gasteiger partial charge in [-0.05, 0) is 43.3 Å². The van der Waals surface area contributed by atoms with E-state index in [-0.39, 0.29) is 16.4 Å². The van der Waals surface area contributed by atoms with Crippen LogP contribution in [0.1, 0.15) is 18.9 Å². The van der Waals surface area contributed by atoms with Crippen molar-refractivity contribution in [2.24, 2.45) is 0 Å². The van der Waals surface area contributed by atoms with E-state index >= 15 is 0 Å². The minimum absolute atomic E-state index is 0.0603. The first kappa shape index (κ1) is 14.7. The highest BCUT2D eigenvalue weighted by Crippen LogP contribution is 2.47. The highest BCUT2D eigenvalue weighted by atomic mass is 32.2. The number of hydrogen-bond donors (Lipinski definition) is 1. The molecule has 2 aliphatic rings. The third-order valence-corrected chi connectivity index (χ3v) is 6.73. The lowest BCUT2D eigenvalue weighted by Gasteiger charge is -2.35. The summed E-state index contributed by atoms with van der Waals surface area (Å²) >= 11 is 0. The molecular formula is C17H18N2O3S. The van der Waals surface area contributed by atoms with Crippen LogP contribution in [0.15, 0.2) is 52.5 Å². The van der Waals surface area contributed by atoms with Crippen molar-refractivity contribution in [2.75, 3.05) is 13.1 Å². The van der Waals surface area contributed by atoms with E-state index in [1.165, 1.54) is 24.5 Å². The minimum atomic E-state index is -3.54. The summed E-state index contributed by atoms with van der Waals surface area (Å²) in [5, 5.41) is 3.34. The molecule has 2 aliphatic heterocycles. The summed E-state index contributed by atoms with van der Waals surface area (Å²) in [4.78, 5) is 4.46. The molecule has 0 aliphatic carbocycles. The maximum Gasteiger partial charge on any atom is 0.206 e. The molecule has 120 valence electrons. The molecule has 0 spiro atoms. The number of ether oxygens (including phenoxy) is 1. The topological polar surface area (TPSA) is 68.3 Å². The lowest BCUT2D eigenvalue weighted by molar-refractivity contribution is 0.124. The van der Waals surface area contributed by atoms with Gasteiger partial charge in [0.25, 0.3) is 0 Å². The third-order valence-electron chi connectivity index (χ3n) is 4.97. The van der Waals surface area contributed by atoms with E-state index in [2.05, 4.69) is 17.2 Å². The molecule has 5 nitrogen and oxygen atoms in total. The Bertz CT molecular complexity index is 851. The predicted octanol–water partition coefficient (Wildman–Crippen LogP) is 1.93. The molecule has 3 heterocycles. The second kappa shape index (κ2) is 5.04. The zero-order valence-corrected chi connectivity index (χ0v) is 13.6. The SMILES string of the molecule is CC12CCNCC1Oc1ccc(S(=O)(=O)c3ccncc3)cc12. The molecule has 0 radical (unpaired) electrons. The molecular weight excluding hydrogens is 312 g/mol. The normalized spacial score (nSPS) is 26.2. The average molecular weight is 330 g/mol. The number of rotatable bonds is 2. The Labute approximate surface area is 135 Å². The molecule has 1 saturated heterocycles. The molecule has 2 unspecified atom stereocenters. The molecule has 4 rings (SSSR count). The zero-order valence-electron chi connectivity index (χ0n) is 12.8. The van der Waals surface area contributed by atoms with Gasteiger partial charge in [0.1, 0.15) is 11.9 Å². The van der Waals surface area contributed by atoms with Crippen molar-refractivity contribution in [3.05, 3.63) is 48.3 Å². The molecule has 1 aromatic carbocycles. The maximum absolute atomic E-state index is 12.8. The largest absolute Gasteiger partial charge is 0.488 e. The molecule has 1 aromatic heterocycles. The lowest BCUT2D eigenvalue weighted by atomic mass is 9.74. The standard InChI is InChI=1S/C17H18N2O3S/c1-17-6-9-19-11-16(17)22-15-3-2-13(10-14(15)17)23(20,21)12-4-7-18-8-5-12/h2-5,7-8,10,16,19H,6,9,11H2,1H3. The Kier molecular flexibility index (Phi) is 3.21. The van der Waals surface area contributed by atoms with Gasteiger partial charge in [0.05, 0.1) is 9.79 Å². The molecule has 1 fully saturated rings. The number of nitrogens with zero attached hydrogens (tertiary/aromatic N) is 1. The molecule has 6 heteroatoms. The number of pyridine rings is 1. The summed E-state index contributed by atoms with van der Waals surface area (Å²) in [5.74, 6) is 0.801. The second-order valence-electron chi connectivity index (χ2n) is 6.32. The number of nitrogens with one attached hydrogen (secondary N) is 1. The minimum Gasteiger partial charge on any atom is -0.488 e. The smallest absolute Gasteiger partial charge is 0.206 e. The lowest BCUT2D eigenvalue weighted by Crippen LogP contribution is -2.49. The third kappa shape index (κ3) is 2.16. The van der Waals surface area contributed by atoms with Crippen LogP contribution in [0.4, 0.5) is 0 Å². The van der Waals surface area contributed by atoms with Crippen LogP contribution in [0, 0.1) is 0 Å². The maximum atomic E-state index is 12.8. The van der Waals surface area contributed by atoms with Crippen LogP contribution in [0.25, 0.3) is 0 Å². The number of fused-ring (bicyclic) bond motifs is 3. The van der Waals surface area contributed by atoms with Crippen LogP contribution in [-0.2, 0) is 15.3 Å². The fourth-order valence-electron chi connectivity index (χ4n) is 3.48. The van der Waals surface area contributed by atoms with E-state index < -0.39 is 9.84 Å². The first-order valence-corrected chi connectivity index (χ1v) is 9.17. The first-order valence-electron chi connectivity index (χ1n) is 7.69. The van der Waals surface area contributed by atoms with Crippen molar-refractivity contribution < 1.29 is 13.2 Å². The van der Waals surface area contributed by atoms with E-state index in [0.29, 0.717) is 4.90 Å². The Hall–Kier alpha value is -1.92. The summed E-state index contributed by atoms with van der Waals surface area (Å²) in [6.45, 7) is 3.86. The quantitative estimate of drug-likeness (QED) is 0.911. The van der Waals surface area contributed by atoms with Gasteiger partial charge in [0.2, 0.25) is 9.84 Å². The Morgan fingerprint density at radius 1 is 1.22 bits per heavy atom. The van der Waals surface area contributed by atoms with Crippen molar-refractivity contribution in [1.82, 2.24) is 10.3 Å². The number of sulfone groups is 1. The number of hydrogen-bond acceptors (Lipinski definition) is 5. The monoisotopic (exact) mass is 330 g/mol. The summed E-state index contributed by atoms with van der Waals surface area (Å²) in [7, 11) is -3.54. The van der Waals surface area contributed by atoms with Gasteiger partial charge >= 0.3 is 0 Å². The Morgan fingerprint density at radius 3 is 2.78 bits per heavy atom. The van der Waals surface area contributed by atoms with E-state index in [0.717, 1.165) is 30.8 Å². The van der Waals surface area contributed by atoms with Crippen molar-refractivity contribution in [1.29, 1.82) is 0 Å². The van der Waals surface area contributed by atoms with Crippen LogP contribution < -0.4 is 10.1 Å². The second-order valence-corrected chi connectivity index (χ2v) is 8.27. The summed E-state index contributed by atoms with van der Waals surface area (Å²) in [6, 6.07) is 8.24. The van der Waals surface area contributed by atoms with Crippen LogP contribution in [0.5, 0.6) is 5.75 Å². The zero-order chi connectivity index (χ0) is 16.1. The molecule has 1 N–H and O–H groups in total. The highest BCUT2D eigenvalue weighted by Gasteiger charge is 2.47. The average Bonchev–Trinajstić information content (AvgIpc) is 2.87. The van der Waals surface area contributed by atoms with Gasteiger partial charge in [-0.3, -0.25) is 4.98 Å². The van der Waals surface area contributed by atoms with Crippen molar-refractivity contribution in [3.8, 4) is 5.75 Å². The van der Waals surface area contributed by atoms with Gasteiger partial charge in [-0.2, -0.15) is 0 Å². The molecule has 2 atom stereocenters. The summed E-state index contributed by atoms with van der Waals surface area (Å²) < 4.78 is 31.7. The number of benzene rings is 1. The van der Waals surface area contributed by atoms with Crippen LogP contribution in [-0.4, -0.2) is 32.6 Å². The van der Waals surface area contributed by atoms with Crippen molar-refractivity contribution in [3.63, 3.8) is 0 Å². The summed E-state index contributed by atoms with van der Waals surface area (Å²) in [5.41, 5.74) is 0.865.